The number of hydrogen-bond acceptors (Lipinski definition) is 2. The SMILES string of the molecule is O=C1C2=CC=CC(Cl)C2=CNC1Cl. The van der Waals surface area contributed by atoms with E-state index in [9.17, 15) is 4.79 Å². The maximum absolute atomic E-state index is 11.5. The Labute approximate surface area is 85.9 Å². The zero-order chi connectivity index (χ0) is 9.42. The predicted octanol–water partition coefficient (Wildman–Crippen LogP) is 1.71. The van der Waals surface area contributed by atoms with Crippen LogP contribution in [-0.4, -0.2) is 16.7 Å². The van der Waals surface area contributed by atoms with E-state index in [1.165, 1.54) is 0 Å². The fraction of sp³-hybridized carbons (Fsp3) is 0.222. The van der Waals surface area contributed by atoms with Gasteiger partial charge in [-0.15, -0.1) is 11.6 Å². The number of alkyl halides is 2. The van der Waals surface area contributed by atoms with E-state index in [1.807, 2.05) is 6.08 Å². The highest BCUT2D eigenvalue weighted by atomic mass is 35.5. The van der Waals surface area contributed by atoms with Gasteiger partial charge < -0.3 is 5.32 Å². The van der Waals surface area contributed by atoms with Gasteiger partial charge in [-0.3, -0.25) is 4.79 Å². The molecule has 68 valence electrons. The molecule has 0 radical (unpaired) electrons. The normalized spacial score (nSPS) is 31.7. The summed E-state index contributed by atoms with van der Waals surface area (Å²) in [6.07, 6.45) is 7.03. The first kappa shape index (κ1) is 8.85. The third kappa shape index (κ3) is 1.40. The average Bonchev–Trinajstić information content (AvgIpc) is 2.12. The van der Waals surface area contributed by atoms with Gasteiger partial charge >= 0.3 is 0 Å². The Balaban J connectivity index is 2.44. The van der Waals surface area contributed by atoms with Gasteiger partial charge in [0.05, 0.1) is 5.38 Å². The molecule has 0 aromatic rings. The van der Waals surface area contributed by atoms with Crippen LogP contribution < -0.4 is 5.32 Å². The molecule has 1 aliphatic heterocycles. The summed E-state index contributed by atoms with van der Waals surface area (Å²) in [7, 11) is 0. The lowest BCUT2D eigenvalue weighted by atomic mass is 9.93. The number of allylic oxidation sites excluding steroid dienone is 4. The quantitative estimate of drug-likeness (QED) is 0.493. The van der Waals surface area contributed by atoms with Crippen LogP contribution in [0.3, 0.4) is 0 Å². The maximum atomic E-state index is 11.5. The standard InChI is InChI=1S/C9H7Cl2NO/c10-7-3-1-2-5-6(7)4-12-9(11)8(5)13/h1-4,7,9,12H. The Bertz CT molecular complexity index is 344. The van der Waals surface area contributed by atoms with E-state index in [2.05, 4.69) is 5.32 Å². The van der Waals surface area contributed by atoms with E-state index in [0.717, 1.165) is 5.57 Å². The summed E-state index contributed by atoms with van der Waals surface area (Å²) in [5.41, 5.74) is 0.748. The van der Waals surface area contributed by atoms with Crippen LogP contribution in [0.5, 0.6) is 0 Å². The fourth-order valence-electron chi connectivity index (χ4n) is 1.35. The fourth-order valence-corrected chi connectivity index (χ4v) is 1.80. The molecule has 2 unspecified atom stereocenters. The second-order valence-corrected chi connectivity index (χ2v) is 3.77. The largest absolute Gasteiger partial charge is 0.369 e. The monoisotopic (exact) mass is 215 g/mol. The van der Waals surface area contributed by atoms with Gasteiger partial charge in [0.25, 0.3) is 0 Å². The van der Waals surface area contributed by atoms with Crippen molar-refractivity contribution in [3.05, 3.63) is 35.6 Å². The van der Waals surface area contributed by atoms with Crippen molar-refractivity contribution in [2.24, 2.45) is 0 Å². The lowest BCUT2D eigenvalue weighted by Gasteiger charge is -2.24. The van der Waals surface area contributed by atoms with Gasteiger partial charge in [0.15, 0.2) is 5.50 Å². The third-order valence-electron chi connectivity index (χ3n) is 2.03. The van der Waals surface area contributed by atoms with E-state index >= 15 is 0 Å². The van der Waals surface area contributed by atoms with Crippen LogP contribution in [0.2, 0.25) is 0 Å². The Morgan fingerprint density at radius 1 is 1.38 bits per heavy atom. The summed E-state index contributed by atoms with van der Waals surface area (Å²) >= 11 is 11.7. The summed E-state index contributed by atoms with van der Waals surface area (Å²) in [5, 5.41) is 2.52. The van der Waals surface area contributed by atoms with Crippen LogP contribution >= 0.6 is 23.2 Å². The van der Waals surface area contributed by atoms with Gasteiger partial charge in [0.2, 0.25) is 5.78 Å². The Morgan fingerprint density at radius 3 is 2.92 bits per heavy atom. The van der Waals surface area contributed by atoms with Crippen LogP contribution in [-0.2, 0) is 4.79 Å². The highest BCUT2D eigenvalue weighted by Crippen LogP contribution is 2.28. The van der Waals surface area contributed by atoms with Gasteiger partial charge in [-0.25, -0.2) is 0 Å². The molecular weight excluding hydrogens is 209 g/mol. The number of ketones is 1. The number of nitrogens with one attached hydrogen (secondary N) is 1. The van der Waals surface area contributed by atoms with Crippen LogP contribution in [0.4, 0.5) is 0 Å². The van der Waals surface area contributed by atoms with Crippen molar-refractivity contribution in [3.8, 4) is 0 Å². The molecule has 2 aliphatic rings. The first-order valence-corrected chi connectivity index (χ1v) is 4.75. The molecule has 0 aromatic carbocycles. The van der Waals surface area contributed by atoms with E-state index in [-0.39, 0.29) is 11.2 Å². The number of carbonyl (C=O) groups excluding carboxylic acids is 1. The smallest absolute Gasteiger partial charge is 0.200 e. The maximum Gasteiger partial charge on any atom is 0.200 e. The predicted molar refractivity (Wildman–Crippen MR) is 52.7 cm³/mol. The molecule has 0 spiro atoms. The highest BCUT2D eigenvalue weighted by molar-refractivity contribution is 6.35. The summed E-state index contributed by atoms with van der Waals surface area (Å²) in [6.45, 7) is 0. The Kier molecular flexibility index (Phi) is 2.18. The molecule has 0 saturated heterocycles. The summed E-state index contributed by atoms with van der Waals surface area (Å²) in [5.74, 6) is -0.117. The number of rotatable bonds is 0. The molecular formula is C9H7Cl2NO. The lowest BCUT2D eigenvalue weighted by Crippen LogP contribution is -2.36. The Hall–Kier alpha value is -0.730. The molecule has 0 fully saturated rings. The Morgan fingerprint density at radius 2 is 2.15 bits per heavy atom. The van der Waals surface area contributed by atoms with E-state index < -0.39 is 5.50 Å². The lowest BCUT2D eigenvalue weighted by molar-refractivity contribution is -0.115. The molecule has 2 rings (SSSR count). The topological polar surface area (TPSA) is 29.1 Å². The average molecular weight is 216 g/mol. The van der Waals surface area contributed by atoms with Crippen molar-refractivity contribution in [1.29, 1.82) is 0 Å². The minimum atomic E-state index is -0.662. The molecule has 1 heterocycles. The molecule has 1 N–H and O–H groups in total. The van der Waals surface area contributed by atoms with Crippen molar-refractivity contribution in [3.63, 3.8) is 0 Å². The van der Waals surface area contributed by atoms with E-state index in [0.29, 0.717) is 5.57 Å². The highest BCUT2D eigenvalue weighted by Gasteiger charge is 2.29. The zero-order valence-corrected chi connectivity index (χ0v) is 8.14. The van der Waals surface area contributed by atoms with Crippen LogP contribution in [0.1, 0.15) is 0 Å². The second-order valence-electron chi connectivity index (χ2n) is 2.86. The van der Waals surface area contributed by atoms with Crippen molar-refractivity contribution in [2.75, 3.05) is 0 Å². The summed E-state index contributed by atoms with van der Waals surface area (Å²) in [4.78, 5) is 11.5. The minimum Gasteiger partial charge on any atom is -0.369 e. The third-order valence-corrected chi connectivity index (χ3v) is 2.74. The van der Waals surface area contributed by atoms with Crippen molar-refractivity contribution < 1.29 is 4.79 Å². The summed E-state index contributed by atoms with van der Waals surface area (Å²) in [6, 6.07) is 0. The van der Waals surface area contributed by atoms with Crippen LogP contribution in [0, 0.1) is 0 Å². The molecule has 2 atom stereocenters. The second kappa shape index (κ2) is 3.20. The van der Waals surface area contributed by atoms with Crippen LogP contribution in [0.25, 0.3) is 0 Å². The molecule has 1 aliphatic carbocycles. The molecule has 0 amide bonds. The van der Waals surface area contributed by atoms with Crippen molar-refractivity contribution >= 4 is 29.0 Å². The van der Waals surface area contributed by atoms with E-state index in [1.54, 1.807) is 18.4 Å². The summed E-state index contributed by atoms with van der Waals surface area (Å²) < 4.78 is 0. The van der Waals surface area contributed by atoms with Gasteiger partial charge in [0.1, 0.15) is 0 Å². The molecule has 0 saturated carbocycles. The van der Waals surface area contributed by atoms with Gasteiger partial charge in [-0.05, 0) is 0 Å². The van der Waals surface area contributed by atoms with Gasteiger partial charge in [0, 0.05) is 17.3 Å². The molecule has 4 heteroatoms. The molecule has 13 heavy (non-hydrogen) atoms. The minimum absolute atomic E-state index is 0.117. The first-order chi connectivity index (χ1) is 6.20. The number of halogens is 2. The molecule has 2 nitrogen and oxygen atoms in total. The number of fused-ring (bicyclic) bond motifs is 1. The molecule has 0 bridgehead atoms. The van der Waals surface area contributed by atoms with Crippen LogP contribution in [0.15, 0.2) is 35.6 Å². The van der Waals surface area contributed by atoms with Crippen molar-refractivity contribution in [2.45, 2.75) is 10.9 Å². The van der Waals surface area contributed by atoms with Gasteiger partial charge in [-0.2, -0.15) is 0 Å². The number of Topliss-reactive ketones (excluding diaryl/α,β-unsaturated/α-hetero) is 1. The number of hydrogen-bond donors (Lipinski definition) is 1. The number of carbonyl (C=O) groups is 1. The van der Waals surface area contributed by atoms with E-state index in [4.69, 9.17) is 23.2 Å². The zero-order valence-electron chi connectivity index (χ0n) is 6.63. The van der Waals surface area contributed by atoms with Crippen molar-refractivity contribution in [1.82, 2.24) is 5.32 Å². The molecule has 0 aromatic heterocycles. The van der Waals surface area contributed by atoms with Gasteiger partial charge in [-0.1, -0.05) is 29.8 Å². The first-order valence-electron chi connectivity index (χ1n) is 3.87.